The van der Waals surface area contributed by atoms with Crippen LogP contribution < -0.4 is 15.6 Å². The molecule has 0 saturated carbocycles. The number of nitrogens with zero attached hydrogens (tertiary/aromatic N) is 2. The number of pyridine rings is 1. The molecule has 1 aliphatic rings. The van der Waals surface area contributed by atoms with E-state index < -0.39 is 0 Å². The van der Waals surface area contributed by atoms with E-state index in [0.717, 1.165) is 17.8 Å². The zero-order valence-electron chi connectivity index (χ0n) is 10.4. The Hall–Kier alpha value is -1.40. The first kappa shape index (κ1) is 13.0. The topological polar surface area (TPSA) is 54.2 Å². The lowest BCUT2D eigenvalue weighted by Gasteiger charge is -2.22. The molecule has 0 aliphatic carbocycles. The predicted molar refractivity (Wildman–Crippen MR) is 73.5 cm³/mol. The van der Waals surface area contributed by atoms with Crippen LogP contribution in [0.1, 0.15) is 31.5 Å². The summed E-state index contributed by atoms with van der Waals surface area (Å²) in [4.78, 5) is 2.13. The smallest absolute Gasteiger partial charge is 0.211 e. The van der Waals surface area contributed by atoms with E-state index in [2.05, 4.69) is 15.8 Å². The van der Waals surface area contributed by atoms with Crippen LogP contribution in [0.5, 0.6) is 0 Å². The molecule has 98 valence electrons. The zero-order chi connectivity index (χ0) is 13.0. The Balaban J connectivity index is 1.86. The predicted octanol–water partition coefficient (Wildman–Crippen LogP) is 0.856. The van der Waals surface area contributed by atoms with E-state index in [0.29, 0.717) is 10.8 Å². The second-order valence-corrected chi connectivity index (χ2v) is 4.83. The van der Waals surface area contributed by atoms with Gasteiger partial charge in [0.15, 0.2) is 11.3 Å². The first-order valence-corrected chi connectivity index (χ1v) is 6.58. The van der Waals surface area contributed by atoms with Crippen LogP contribution >= 0.6 is 12.2 Å². The van der Waals surface area contributed by atoms with E-state index >= 15 is 0 Å². The van der Waals surface area contributed by atoms with Crippen molar-refractivity contribution < 1.29 is 4.73 Å². The monoisotopic (exact) mass is 266 g/mol. The fourth-order valence-electron chi connectivity index (χ4n) is 2.02. The van der Waals surface area contributed by atoms with Gasteiger partial charge in [0.1, 0.15) is 6.04 Å². The van der Waals surface area contributed by atoms with E-state index in [1.807, 2.05) is 13.0 Å². The van der Waals surface area contributed by atoms with Crippen LogP contribution in [0, 0.1) is 5.21 Å². The summed E-state index contributed by atoms with van der Waals surface area (Å²) in [6, 6.07) is 5.25. The average Bonchev–Trinajstić information content (AvgIpc) is 2.90. The van der Waals surface area contributed by atoms with Crippen molar-refractivity contribution in [2.75, 3.05) is 13.1 Å². The summed E-state index contributed by atoms with van der Waals surface area (Å²) in [7, 11) is 0. The van der Waals surface area contributed by atoms with Crippen molar-refractivity contribution in [3.8, 4) is 0 Å². The summed E-state index contributed by atoms with van der Waals surface area (Å²) in [6.07, 6.45) is 3.87. The minimum atomic E-state index is -0.107. The summed E-state index contributed by atoms with van der Waals surface area (Å²) in [5.74, 6) is 0. The van der Waals surface area contributed by atoms with Gasteiger partial charge in [-0.25, -0.2) is 5.43 Å². The highest BCUT2D eigenvalue weighted by Gasteiger charge is 2.17. The molecule has 0 aromatic carbocycles. The SMILES string of the molecule is C[C@@H](NNC(=S)N1CCCC1)c1cccc[n+]1[O-]. The van der Waals surface area contributed by atoms with E-state index in [1.54, 1.807) is 12.1 Å². The number of hydrazine groups is 1. The molecule has 1 atom stereocenters. The molecule has 2 heterocycles. The molecule has 0 unspecified atom stereocenters. The molecule has 5 nitrogen and oxygen atoms in total. The maximum Gasteiger partial charge on any atom is 0.211 e. The van der Waals surface area contributed by atoms with Gasteiger partial charge in [0.25, 0.3) is 0 Å². The molecule has 1 fully saturated rings. The van der Waals surface area contributed by atoms with E-state index in [-0.39, 0.29) is 6.04 Å². The summed E-state index contributed by atoms with van der Waals surface area (Å²) < 4.78 is 0.859. The fraction of sp³-hybridized carbons (Fsp3) is 0.500. The molecule has 18 heavy (non-hydrogen) atoms. The molecule has 1 aromatic rings. The van der Waals surface area contributed by atoms with Crippen LogP contribution in [0.3, 0.4) is 0 Å². The maximum atomic E-state index is 11.6. The van der Waals surface area contributed by atoms with Crippen LogP contribution in [0.4, 0.5) is 0 Å². The first-order chi connectivity index (χ1) is 8.68. The Morgan fingerprint density at radius 1 is 1.44 bits per heavy atom. The van der Waals surface area contributed by atoms with Crippen molar-refractivity contribution in [1.29, 1.82) is 0 Å². The Morgan fingerprint density at radius 2 is 2.17 bits per heavy atom. The van der Waals surface area contributed by atoms with Crippen molar-refractivity contribution in [2.45, 2.75) is 25.8 Å². The Bertz CT molecular complexity index is 420. The molecule has 0 bridgehead atoms. The number of hydrogen-bond donors (Lipinski definition) is 2. The third-order valence-electron chi connectivity index (χ3n) is 3.09. The molecule has 0 radical (unpaired) electrons. The third kappa shape index (κ3) is 3.08. The van der Waals surface area contributed by atoms with Crippen molar-refractivity contribution in [3.63, 3.8) is 0 Å². The normalized spacial score (nSPS) is 16.6. The van der Waals surface area contributed by atoms with Crippen LogP contribution in [0.2, 0.25) is 0 Å². The highest BCUT2D eigenvalue weighted by molar-refractivity contribution is 7.80. The van der Waals surface area contributed by atoms with Crippen molar-refractivity contribution in [1.82, 2.24) is 15.8 Å². The lowest BCUT2D eigenvalue weighted by atomic mass is 10.2. The van der Waals surface area contributed by atoms with Gasteiger partial charge in [-0.3, -0.25) is 5.43 Å². The minimum Gasteiger partial charge on any atom is -0.618 e. The van der Waals surface area contributed by atoms with Crippen LogP contribution in [-0.4, -0.2) is 23.1 Å². The maximum absolute atomic E-state index is 11.6. The van der Waals surface area contributed by atoms with E-state index in [4.69, 9.17) is 12.2 Å². The molecule has 1 saturated heterocycles. The third-order valence-corrected chi connectivity index (χ3v) is 3.45. The highest BCUT2D eigenvalue weighted by atomic mass is 32.1. The quantitative estimate of drug-likeness (QED) is 0.368. The standard InChI is InChI=1S/C12H18N4OS/c1-10(11-6-2-3-9-16(11)17)13-14-12(18)15-7-4-5-8-15/h2-3,6,9-10,13H,4-5,7-8H2,1H3,(H,14,18)/t10-/m1/s1. The van der Waals surface area contributed by atoms with Gasteiger partial charge in [-0.2, -0.15) is 4.73 Å². The van der Waals surface area contributed by atoms with Gasteiger partial charge < -0.3 is 10.1 Å². The van der Waals surface area contributed by atoms with Gasteiger partial charge in [0.2, 0.25) is 5.69 Å². The average molecular weight is 266 g/mol. The van der Waals surface area contributed by atoms with Gasteiger partial charge in [-0.15, -0.1) is 0 Å². The lowest BCUT2D eigenvalue weighted by molar-refractivity contribution is -0.616. The lowest BCUT2D eigenvalue weighted by Crippen LogP contribution is -2.48. The number of aromatic nitrogens is 1. The van der Waals surface area contributed by atoms with Gasteiger partial charge in [0.05, 0.1) is 0 Å². The van der Waals surface area contributed by atoms with Crippen LogP contribution in [-0.2, 0) is 0 Å². The van der Waals surface area contributed by atoms with Crippen molar-refractivity contribution in [3.05, 3.63) is 35.3 Å². The van der Waals surface area contributed by atoms with Crippen LogP contribution in [0.25, 0.3) is 0 Å². The van der Waals surface area contributed by atoms with E-state index in [1.165, 1.54) is 19.0 Å². The Morgan fingerprint density at radius 3 is 2.83 bits per heavy atom. The van der Waals surface area contributed by atoms with Crippen molar-refractivity contribution >= 4 is 17.3 Å². The second-order valence-electron chi connectivity index (χ2n) is 4.44. The molecular weight excluding hydrogens is 248 g/mol. The molecule has 0 spiro atoms. The number of nitrogens with one attached hydrogen (secondary N) is 2. The Labute approximate surface area is 112 Å². The highest BCUT2D eigenvalue weighted by Crippen LogP contribution is 2.08. The summed E-state index contributed by atoms with van der Waals surface area (Å²) in [5, 5.41) is 12.3. The van der Waals surface area contributed by atoms with Crippen molar-refractivity contribution in [2.24, 2.45) is 0 Å². The second kappa shape index (κ2) is 5.97. The molecule has 2 N–H and O–H groups in total. The molecule has 2 rings (SSSR count). The number of thiocarbonyl (C=S) groups is 1. The minimum absolute atomic E-state index is 0.107. The molecule has 6 heteroatoms. The van der Waals surface area contributed by atoms with Gasteiger partial charge >= 0.3 is 0 Å². The van der Waals surface area contributed by atoms with E-state index in [9.17, 15) is 5.21 Å². The molecule has 0 amide bonds. The van der Waals surface area contributed by atoms with Gasteiger partial charge in [-0.1, -0.05) is 0 Å². The van der Waals surface area contributed by atoms with Gasteiger partial charge in [-0.05, 0) is 38.0 Å². The summed E-state index contributed by atoms with van der Waals surface area (Å²) in [5.41, 5.74) is 6.73. The summed E-state index contributed by atoms with van der Waals surface area (Å²) in [6.45, 7) is 3.94. The number of hydrogen-bond acceptors (Lipinski definition) is 3. The molecule has 1 aromatic heterocycles. The Kier molecular flexibility index (Phi) is 4.33. The molecular formula is C12H18N4OS. The zero-order valence-corrected chi connectivity index (χ0v) is 11.2. The summed E-state index contributed by atoms with van der Waals surface area (Å²) >= 11 is 5.28. The fourth-order valence-corrected chi connectivity index (χ4v) is 2.26. The number of rotatable bonds is 3. The largest absolute Gasteiger partial charge is 0.618 e. The molecule has 1 aliphatic heterocycles. The van der Waals surface area contributed by atoms with Crippen LogP contribution in [0.15, 0.2) is 24.4 Å². The number of likely N-dealkylation sites (tertiary alicyclic amines) is 1. The first-order valence-electron chi connectivity index (χ1n) is 6.17. The van der Waals surface area contributed by atoms with Gasteiger partial charge in [0, 0.05) is 25.2 Å².